The summed E-state index contributed by atoms with van der Waals surface area (Å²) in [5, 5.41) is 85.9. The van der Waals surface area contributed by atoms with Crippen molar-refractivity contribution < 1.29 is 146 Å². The fourth-order valence-electron chi connectivity index (χ4n) is 6.34. The molecule has 0 fully saturated rings. The highest BCUT2D eigenvalue weighted by molar-refractivity contribution is 5.83. The smallest absolute Gasteiger partial charge is 0.330 e. The lowest BCUT2D eigenvalue weighted by Crippen LogP contribution is -2.61. The topological polar surface area (TPSA) is 428 Å². The van der Waals surface area contributed by atoms with Crippen molar-refractivity contribution >= 4 is 47.8 Å². The molecule has 0 aliphatic carbocycles. The number of rotatable bonds is 50. The highest BCUT2D eigenvalue weighted by Crippen LogP contribution is 2.35. The number of ether oxygens (including phenoxy) is 14. The summed E-state index contributed by atoms with van der Waals surface area (Å²) in [7, 11) is 0. The van der Waals surface area contributed by atoms with Crippen LogP contribution < -0.4 is 0 Å². The van der Waals surface area contributed by atoms with Gasteiger partial charge < -0.3 is 107 Å². The Bertz CT molecular complexity index is 1770. The summed E-state index contributed by atoms with van der Waals surface area (Å²) in [4.78, 5) is 92.1. The van der Waals surface area contributed by atoms with Gasteiger partial charge in [-0.25, -0.2) is 38.4 Å². The van der Waals surface area contributed by atoms with Gasteiger partial charge in [-0.1, -0.05) is 52.6 Å². The van der Waals surface area contributed by atoms with Gasteiger partial charge in [-0.05, 0) is 0 Å². The minimum absolute atomic E-state index is 0.0138. The van der Waals surface area contributed by atoms with Crippen molar-refractivity contribution in [2.24, 2.45) is 10.8 Å². The molecule has 0 saturated heterocycles. The van der Waals surface area contributed by atoms with Gasteiger partial charge in [0.1, 0.15) is 102 Å². The van der Waals surface area contributed by atoms with Gasteiger partial charge in [0.25, 0.3) is 0 Å². The predicted molar refractivity (Wildman–Crippen MR) is 287 cm³/mol. The maximum atomic E-state index is 11.8. The van der Waals surface area contributed by atoms with Crippen molar-refractivity contribution in [3.05, 3.63) is 101 Å². The van der Waals surface area contributed by atoms with Gasteiger partial charge in [-0.15, -0.1) is 0 Å². The molecule has 8 N–H and O–H groups in total. The first-order valence-electron chi connectivity index (χ1n) is 25.2. The normalized spacial score (nSPS) is 15.0. The van der Waals surface area contributed by atoms with Crippen LogP contribution in [-0.4, -0.2) is 270 Å². The zero-order valence-electron chi connectivity index (χ0n) is 46.6. The summed E-state index contributed by atoms with van der Waals surface area (Å²) < 4.78 is 70.9. The first-order valence-corrected chi connectivity index (χ1v) is 25.2. The third kappa shape index (κ3) is 33.4. The van der Waals surface area contributed by atoms with Crippen LogP contribution in [-0.2, 0) is 105 Å². The second-order valence-electron chi connectivity index (χ2n) is 16.8. The van der Waals surface area contributed by atoms with E-state index >= 15 is 0 Å². The van der Waals surface area contributed by atoms with E-state index in [4.69, 9.17) is 56.8 Å². The Kier molecular flexibility index (Phi) is 44.8. The Morgan fingerprint density at radius 3 is 0.619 bits per heavy atom. The molecule has 84 heavy (non-hydrogen) atoms. The van der Waals surface area contributed by atoms with Crippen molar-refractivity contribution in [3.63, 3.8) is 0 Å². The molecule has 8 atom stereocenters. The second-order valence-corrected chi connectivity index (χ2v) is 16.8. The van der Waals surface area contributed by atoms with Crippen molar-refractivity contribution in [3.8, 4) is 0 Å². The van der Waals surface area contributed by atoms with Gasteiger partial charge in [0.05, 0.1) is 90.1 Å². The van der Waals surface area contributed by atoms with Gasteiger partial charge in [-0.3, -0.25) is 0 Å². The third-order valence-corrected chi connectivity index (χ3v) is 11.0. The molecular weight excluding hydrogens is 1130 g/mol. The summed E-state index contributed by atoms with van der Waals surface area (Å²) in [6.45, 7) is 19.0. The van der Waals surface area contributed by atoms with E-state index in [9.17, 15) is 79.2 Å². The Morgan fingerprint density at radius 1 is 0.262 bits per heavy atom. The molecule has 0 aromatic rings. The van der Waals surface area contributed by atoms with Gasteiger partial charge in [-0.2, -0.15) is 0 Å². The molecule has 0 aliphatic rings. The maximum Gasteiger partial charge on any atom is 0.330 e. The van der Waals surface area contributed by atoms with E-state index in [0.29, 0.717) is 13.2 Å². The Hall–Kier alpha value is -6.88. The van der Waals surface area contributed by atoms with Gasteiger partial charge in [0, 0.05) is 48.6 Å². The van der Waals surface area contributed by atoms with Crippen LogP contribution in [0.2, 0.25) is 0 Å². The molecule has 476 valence electrons. The van der Waals surface area contributed by atoms with Crippen LogP contribution in [0.4, 0.5) is 0 Å². The molecule has 0 heterocycles. The van der Waals surface area contributed by atoms with Crippen molar-refractivity contribution in [2.45, 2.75) is 48.8 Å². The van der Waals surface area contributed by atoms with Crippen LogP contribution in [0.1, 0.15) is 0 Å². The molecule has 0 spiro atoms. The third-order valence-electron chi connectivity index (χ3n) is 11.0. The molecule has 8 unspecified atom stereocenters. The Morgan fingerprint density at radius 2 is 0.429 bits per heavy atom. The van der Waals surface area contributed by atoms with Gasteiger partial charge in [0.15, 0.2) is 0 Å². The molecule has 0 aromatic heterocycles. The Balaban J connectivity index is 0. The first kappa shape index (κ1) is 79.2. The number of hydrogen-bond acceptors (Lipinski definition) is 30. The molecule has 0 radical (unpaired) electrons. The van der Waals surface area contributed by atoms with Crippen LogP contribution in [0, 0.1) is 10.8 Å². The molecular formula is C54H80O30. The molecule has 30 heteroatoms. The van der Waals surface area contributed by atoms with E-state index in [0.717, 1.165) is 48.6 Å². The number of hydrogen-bond donors (Lipinski definition) is 8. The maximum absolute atomic E-state index is 11.8. The van der Waals surface area contributed by atoms with Crippen LogP contribution in [0.3, 0.4) is 0 Å². The van der Waals surface area contributed by atoms with Crippen molar-refractivity contribution in [1.82, 2.24) is 0 Å². The van der Waals surface area contributed by atoms with E-state index in [1.54, 1.807) is 0 Å². The average molecular weight is 1210 g/mol. The summed E-state index contributed by atoms with van der Waals surface area (Å²) in [5.74, 6) is -7.08. The van der Waals surface area contributed by atoms with Crippen LogP contribution in [0.25, 0.3) is 0 Å². The zero-order valence-corrected chi connectivity index (χ0v) is 46.6. The minimum atomic E-state index is -2.26. The van der Waals surface area contributed by atoms with E-state index in [-0.39, 0.29) is 66.1 Å². The molecule has 0 bridgehead atoms. The molecule has 0 amide bonds. The van der Waals surface area contributed by atoms with E-state index in [2.05, 4.69) is 62.1 Å². The van der Waals surface area contributed by atoms with Crippen LogP contribution in [0.15, 0.2) is 101 Å². The van der Waals surface area contributed by atoms with Crippen LogP contribution >= 0.6 is 0 Å². The minimum Gasteiger partial charge on any atom is -0.460 e. The monoisotopic (exact) mass is 1210 g/mol. The molecule has 0 saturated carbocycles. The van der Waals surface area contributed by atoms with Crippen molar-refractivity contribution in [2.75, 3.05) is 132 Å². The summed E-state index contributed by atoms with van der Waals surface area (Å²) in [6.07, 6.45) is -6.78. The zero-order chi connectivity index (χ0) is 63.9. The molecule has 0 aromatic carbocycles. The van der Waals surface area contributed by atoms with Gasteiger partial charge in [0.2, 0.25) is 0 Å². The Labute approximate surface area is 485 Å². The fraction of sp³-hybridized carbons (Fsp3) is 0.556. The number of aliphatic hydroxyl groups excluding tert-OH is 8. The lowest BCUT2D eigenvalue weighted by Gasteiger charge is -2.44. The summed E-state index contributed by atoms with van der Waals surface area (Å²) >= 11 is 0. The van der Waals surface area contributed by atoms with E-state index in [1.807, 2.05) is 0 Å². The summed E-state index contributed by atoms with van der Waals surface area (Å²) in [5.41, 5.74) is -4.53. The largest absolute Gasteiger partial charge is 0.460 e. The fourth-order valence-corrected chi connectivity index (χ4v) is 6.34. The predicted octanol–water partition coefficient (Wildman–Crippen LogP) is -3.23. The highest BCUT2D eigenvalue weighted by Gasteiger charge is 2.53. The first-order chi connectivity index (χ1) is 39.9. The van der Waals surface area contributed by atoms with E-state index < -0.39 is 160 Å². The number of aliphatic hydroxyl groups is 8. The standard InChI is InChI=1S/C38H54O21.C16H26O9/c1-7-31(45)54-17-25(39)37(26(40)18-55-32(46)8-2,27(41)19-56-33(47)9-3)23-52-15-13-51-14-16-53-24-38(28(42)20-57-34(48)10-4,29(43)21-58-35(49)11-5)30(44)22-59-36(50)12-6;1-3-15(19)24-11-13(17)9-22-7-5-21-6-8-23-10-14(18)12-25-16(20)4-2/h7-12,25-30,39-44H,1-6,13-24H2;3-4,13-14,17-18H,1-2,5-12H2. The SMILES string of the molecule is C=CC(=O)OCC(O)C(COCCOCCOCC(C(O)COC(=O)C=C)(C(O)COC(=O)C=C)C(O)COC(=O)C=C)(C(O)COC(=O)C=C)C(O)COC(=O)C=C.C=CC(=O)OCC(O)COCCOCCOCC(O)COC(=O)C=C. The lowest BCUT2D eigenvalue weighted by molar-refractivity contribution is -0.210. The lowest BCUT2D eigenvalue weighted by atomic mass is 9.73. The van der Waals surface area contributed by atoms with Crippen molar-refractivity contribution in [1.29, 1.82) is 0 Å². The average Bonchev–Trinajstić information content (AvgIpc) is 3.58. The van der Waals surface area contributed by atoms with E-state index in [1.165, 1.54) is 0 Å². The van der Waals surface area contributed by atoms with Crippen LogP contribution in [0.5, 0.6) is 0 Å². The molecule has 30 nitrogen and oxygen atoms in total. The number of carbonyl (C=O) groups excluding carboxylic acids is 8. The molecule has 0 aliphatic heterocycles. The number of carbonyl (C=O) groups is 8. The van der Waals surface area contributed by atoms with Gasteiger partial charge >= 0.3 is 47.8 Å². The number of esters is 8. The molecule has 0 rings (SSSR count). The second kappa shape index (κ2) is 47.5. The highest BCUT2D eigenvalue weighted by atomic mass is 16.6. The summed E-state index contributed by atoms with van der Waals surface area (Å²) in [6, 6.07) is 0. The quantitative estimate of drug-likeness (QED) is 0.0128.